The first-order chi connectivity index (χ1) is 5.98. The summed E-state index contributed by atoms with van der Waals surface area (Å²) in [6.07, 6.45) is 0. The molecule has 0 bridgehead atoms. The Kier molecular flexibility index (Phi) is 6.55. The van der Waals surface area contributed by atoms with Crippen LogP contribution in [0.1, 0.15) is 13.8 Å². The summed E-state index contributed by atoms with van der Waals surface area (Å²) in [5.41, 5.74) is 0. The van der Waals surface area contributed by atoms with Crippen LogP contribution in [0.25, 0.3) is 0 Å². The van der Waals surface area contributed by atoms with E-state index in [0.717, 1.165) is 0 Å². The van der Waals surface area contributed by atoms with Gasteiger partial charge in [-0.2, -0.15) is 0 Å². The molecule has 0 aliphatic carbocycles. The van der Waals surface area contributed by atoms with E-state index >= 15 is 0 Å². The van der Waals surface area contributed by atoms with Crippen LogP contribution in [0.15, 0.2) is 0 Å². The molecule has 0 aromatic rings. The van der Waals surface area contributed by atoms with Crippen molar-refractivity contribution in [1.29, 1.82) is 0 Å². The van der Waals surface area contributed by atoms with Gasteiger partial charge >= 0.3 is 90.6 Å². The molecule has 0 unspecified atom stereocenters. The summed E-state index contributed by atoms with van der Waals surface area (Å²) >= 11 is 6.31. The second-order valence-corrected chi connectivity index (χ2v) is 7.90. The summed E-state index contributed by atoms with van der Waals surface area (Å²) in [4.78, 5) is 9.98. The maximum atomic E-state index is 11.3. The molecule has 0 saturated carbocycles. The van der Waals surface area contributed by atoms with Crippen molar-refractivity contribution in [3.8, 4) is 0 Å². The SMILES string of the molecule is CCO[AsH](O)(OCC)C(=O)C(Cl)Cl. The van der Waals surface area contributed by atoms with Crippen LogP contribution in [0, 0.1) is 0 Å². The van der Waals surface area contributed by atoms with Crippen LogP contribution in [0.3, 0.4) is 0 Å². The van der Waals surface area contributed by atoms with Crippen molar-refractivity contribution in [1.82, 2.24) is 0 Å². The summed E-state index contributed by atoms with van der Waals surface area (Å²) in [6, 6.07) is 0. The third kappa shape index (κ3) is 4.15. The second-order valence-electron chi connectivity index (χ2n) is 2.11. The second kappa shape index (κ2) is 6.22. The molecule has 0 radical (unpaired) electrons. The van der Waals surface area contributed by atoms with Crippen molar-refractivity contribution >= 4 is 42.3 Å². The van der Waals surface area contributed by atoms with Gasteiger partial charge in [-0.3, -0.25) is 0 Å². The summed E-state index contributed by atoms with van der Waals surface area (Å²) in [5.74, 6) is 0. The summed E-state index contributed by atoms with van der Waals surface area (Å²) in [6.45, 7) is 3.70. The third-order valence-electron chi connectivity index (χ3n) is 1.19. The molecule has 0 aliphatic heterocycles. The van der Waals surface area contributed by atoms with Gasteiger partial charge in [0, 0.05) is 0 Å². The molecular formula is C6H13AsCl2O4. The molecule has 80 valence electrons. The molecule has 0 aromatic heterocycles. The van der Waals surface area contributed by atoms with Crippen molar-refractivity contribution < 1.29 is 16.3 Å². The van der Waals surface area contributed by atoms with Gasteiger partial charge in [0.15, 0.2) is 0 Å². The molecule has 0 saturated heterocycles. The Morgan fingerprint density at radius 1 is 1.38 bits per heavy atom. The number of carbonyl (C=O) groups is 1. The molecule has 7 heteroatoms. The number of rotatable bonds is 6. The fourth-order valence-corrected chi connectivity index (χ4v) is 5.14. The van der Waals surface area contributed by atoms with Crippen molar-refractivity contribution in [2.45, 2.75) is 18.7 Å². The van der Waals surface area contributed by atoms with E-state index in [1.54, 1.807) is 13.8 Å². The molecule has 0 spiro atoms. The standard InChI is InChI=1S/C6H13AsCl2O4/c1-3-12-7(11,13-4-2)5(10)6(8)9/h6-7,11H,3-4H2,1-2H3. The Morgan fingerprint density at radius 2 is 1.77 bits per heavy atom. The molecule has 0 atom stereocenters. The Hall–Kier alpha value is 0.688. The van der Waals surface area contributed by atoms with Crippen LogP contribution in [-0.2, 0) is 12.2 Å². The van der Waals surface area contributed by atoms with Gasteiger partial charge in [0.2, 0.25) is 0 Å². The normalized spacial score (nSPS) is 13.4. The molecule has 0 amide bonds. The molecular weight excluding hydrogens is 282 g/mol. The number of halogens is 2. The average molecular weight is 295 g/mol. The zero-order valence-electron chi connectivity index (χ0n) is 7.42. The van der Waals surface area contributed by atoms with E-state index < -0.39 is 24.0 Å². The van der Waals surface area contributed by atoms with Crippen LogP contribution in [0.4, 0.5) is 0 Å². The fourth-order valence-electron chi connectivity index (χ4n) is 0.713. The van der Waals surface area contributed by atoms with Gasteiger partial charge in [0.1, 0.15) is 0 Å². The van der Waals surface area contributed by atoms with E-state index in [1.165, 1.54) is 0 Å². The zero-order valence-corrected chi connectivity index (χ0v) is 11.0. The van der Waals surface area contributed by atoms with Gasteiger partial charge in [-0.05, 0) is 0 Å². The van der Waals surface area contributed by atoms with Crippen molar-refractivity contribution in [2.24, 2.45) is 0 Å². The van der Waals surface area contributed by atoms with E-state index in [2.05, 4.69) is 0 Å². The van der Waals surface area contributed by atoms with E-state index in [1.807, 2.05) is 0 Å². The Labute approximate surface area is 90.6 Å². The van der Waals surface area contributed by atoms with Gasteiger partial charge in [0.05, 0.1) is 0 Å². The predicted octanol–water partition coefficient (Wildman–Crippen LogP) is 0.635. The molecule has 0 aromatic carbocycles. The monoisotopic (exact) mass is 294 g/mol. The molecule has 0 heterocycles. The van der Waals surface area contributed by atoms with Gasteiger partial charge in [-0.15, -0.1) is 0 Å². The Balaban J connectivity index is 4.46. The Morgan fingerprint density at radius 3 is 2.00 bits per heavy atom. The zero-order chi connectivity index (χ0) is 10.5. The third-order valence-corrected chi connectivity index (χ3v) is 7.12. The number of hydrogen-bond acceptors (Lipinski definition) is 4. The number of alkyl halides is 2. The minimum absolute atomic E-state index is 0.197. The predicted molar refractivity (Wildman–Crippen MR) is 53.1 cm³/mol. The minimum atomic E-state index is -4.34. The van der Waals surface area contributed by atoms with E-state index in [-0.39, 0.29) is 13.2 Å². The quantitative estimate of drug-likeness (QED) is 0.577. The van der Waals surface area contributed by atoms with E-state index in [0.29, 0.717) is 0 Å². The fraction of sp³-hybridized carbons (Fsp3) is 0.833. The molecule has 0 aliphatic rings. The van der Waals surface area contributed by atoms with Crippen molar-refractivity contribution in [3.63, 3.8) is 0 Å². The molecule has 13 heavy (non-hydrogen) atoms. The van der Waals surface area contributed by atoms with Crippen LogP contribution in [-0.4, -0.2) is 41.3 Å². The van der Waals surface area contributed by atoms with Crippen molar-refractivity contribution in [3.05, 3.63) is 0 Å². The average Bonchev–Trinajstić information content (AvgIpc) is 2.03. The van der Waals surface area contributed by atoms with Gasteiger partial charge in [0.25, 0.3) is 0 Å². The first-order valence-corrected chi connectivity index (χ1v) is 8.38. The van der Waals surface area contributed by atoms with Crippen LogP contribution in [0.2, 0.25) is 0 Å². The van der Waals surface area contributed by atoms with Gasteiger partial charge < -0.3 is 0 Å². The Bertz CT molecular complexity index is 170. The van der Waals surface area contributed by atoms with Crippen molar-refractivity contribution in [2.75, 3.05) is 13.2 Å². The topological polar surface area (TPSA) is 55.8 Å². The van der Waals surface area contributed by atoms with E-state index in [9.17, 15) is 8.89 Å². The van der Waals surface area contributed by atoms with Crippen LogP contribution >= 0.6 is 23.2 Å². The first-order valence-electron chi connectivity index (χ1n) is 3.80. The van der Waals surface area contributed by atoms with Crippen LogP contribution < -0.4 is 0 Å². The molecule has 1 N–H and O–H groups in total. The first kappa shape index (κ1) is 13.7. The summed E-state index contributed by atoms with van der Waals surface area (Å²) < 4.78 is 18.7. The summed E-state index contributed by atoms with van der Waals surface area (Å²) in [5, 5.41) is 0. The van der Waals surface area contributed by atoms with Gasteiger partial charge in [-0.1, -0.05) is 0 Å². The number of carbonyl (C=O) groups excluding carboxylic acids is 1. The molecule has 4 nitrogen and oxygen atoms in total. The molecule has 0 fully saturated rings. The maximum absolute atomic E-state index is 11.3. The van der Waals surface area contributed by atoms with Crippen LogP contribution in [0.5, 0.6) is 0 Å². The molecule has 0 rings (SSSR count). The van der Waals surface area contributed by atoms with E-state index in [4.69, 9.17) is 30.7 Å². The van der Waals surface area contributed by atoms with Gasteiger partial charge in [-0.25, -0.2) is 0 Å². The summed E-state index contributed by atoms with van der Waals surface area (Å²) in [7, 11) is 0. The number of hydrogen-bond donors (Lipinski definition) is 1.